The van der Waals surface area contributed by atoms with Gasteiger partial charge in [-0.1, -0.05) is 38.0 Å². The fourth-order valence-corrected chi connectivity index (χ4v) is 2.29. The minimum Gasteiger partial charge on any atom is -0.350 e. The maximum atomic E-state index is 12.2. The topological polar surface area (TPSA) is 32.3 Å². The van der Waals surface area contributed by atoms with Crippen LogP contribution >= 0.6 is 12.2 Å². The van der Waals surface area contributed by atoms with E-state index in [9.17, 15) is 4.79 Å². The maximum absolute atomic E-state index is 12.2. The van der Waals surface area contributed by atoms with Gasteiger partial charge >= 0.3 is 0 Å². The van der Waals surface area contributed by atoms with Gasteiger partial charge in [-0.25, -0.2) is 0 Å². The molecule has 0 bridgehead atoms. The summed E-state index contributed by atoms with van der Waals surface area (Å²) in [5.74, 6) is 0.0645. The molecule has 1 heterocycles. The zero-order chi connectivity index (χ0) is 12.3. The molecular formula is C13H16N2OS. The molecule has 1 aliphatic rings. The second-order valence-corrected chi connectivity index (χ2v) is 4.54. The number of nitrogens with one attached hydrogen (secondary N) is 1. The third-order valence-electron chi connectivity index (χ3n) is 2.88. The smallest absolute Gasteiger partial charge is 0.255 e. The van der Waals surface area contributed by atoms with E-state index < -0.39 is 0 Å². The number of hydrogen-bond donors (Lipinski definition) is 1. The van der Waals surface area contributed by atoms with E-state index in [1.54, 1.807) is 4.90 Å². The lowest BCUT2D eigenvalue weighted by atomic mass is 10.1. The highest BCUT2D eigenvalue weighted by Crippen LogP contribution is 2.20. The van der Waals surface area contributed by atoms with Crippen molar-refractivity contribution in [3.05, 3.63) is 30.3 Å². The average Bonchev–Trinajstić information content (AvgIpc) is 2.63. The number of carbonyl (C=O) groups is 1. The van der Waals surface area contributed by atoms with Crippen LogP contribution in [-0.4, -0.2) is 17.1 Å². The first kappa shape index (κ1) is 12.0. The summed E-state index contributed by atoms with van der Waals surface area (Å²) >= 11 is 5.22. The zero-order valence-electron chi connectivity index (χ0n) is 9.85. The van der Waals surface area contributed by atoms with Gasteiger partial charge < -0.3 is 5.32 Å². The molecule has 1 N–H and O–H groups in total. The summed E-state index contributed by atoms with van der Waals surface area (Å²) in [7, 11) is 0. The van der Waals surface area contributed by atoms with Crippen LogP contribution in [0.25, 0.3) is 0 Å². The van der Waals surface area contributed by atoms with Gasteiger partial charge in [0, 0.05) is 0 Å². The molecule has 2 rings (SSSR count). The second kappa shape index (κ2) is 5.27. The molecule has 1 aliphatic heterocycles. The molecule has 1 aromatic carbocycles. The normalized spacial score (nSPS) is 19.6. The molecule has 0 aliphatic carbocycles. The Morgan fingerprint density at radius 3 is 2.71 bits per heavy atom. The Kier molecular flexibility index (Phi) is 3.74. The van der Waals surface area contributed by atoms with Gasteiger partial charge in [0.1, 0.15) is 6.04 Å². The number of carbonyl (C=O) groups excluding carboxylic acids is 1. The van der Waals surface area contributed by atoms with Crippen LogP contribution in [0, 0.1) is 0 Å². The number of anilines is 1. The average molecular weight is 248 g/mol. The second-order valence-electron chi connectivity index (χ2n) is 4.15. The number of thiocarbonyl (C=S) groups is 1. The monoisotopic (exact) mass is 248 g/mol. The molecule has 1 saturated heterocycles. The Morgan fingerprint density at radius 2 is 2.06 bits per heavy atom. The van der Waals surface area contributed by atoms with Gasteiger partial charge in [-0.3, -0.25) is 9.69 Å². The molecule has 1 atom stereocenters. The summed E-state index contributed by atoms with van der Waals surface area (Å²) in [5.41, 5.74) is 0.842. The largest absolute Gasteiger partial charge is 0.350 e. The molecule has 0 aromatic heterocycles. The van der Waals surface area contributed by atoms with E-state index in [2.05, 4.69) is 12.2 Å². The predicted octanol–water partition coefficient (Wildman–Crippen LogP) is 2.47. The van der Waals surface area contributed by atoms with Crippen molar-refractivity contribution in [2.45, 2.75) is 32.2 Å². The van der Waals surface area contributed by atoms with Crippen LogP contribution in [0.1, 0.15) is 26.2 Å². The van der Waals surface area contributed by atoms with Gasteiger partial charge in [0.2, 0.25) is 0 Å². The molecule has 90 valence electrons. The number of para-hydroxylation sites is 1. The van der Waals surface area contributed by atoms with Crippen molar-refractivity contribution in [1.82, 2.24) is 5.32 Å². The Balaban J connectivity index is 2.15. The van der Waals surface area contributed by atoms with E-state index in [-0.39, 0.29) is 11.9 Å². The van der Waals surface area contributed by atoms with Crippen LogP contribution in [-0.2, 0) is 4.79 Å². The Hall–Kier alpha value is -1.42. The molecule has 1 aromatic rings. The lowest BCUT2D eigenvalue weighted by molar-refractivity contribution is -0.118. The molecule has 3 nitrogen and oxygen atoms in total. The SMILES string of the molecule is CCCCC1NC(=S)N(c2ccccc2)C1=O. The van der Waals surface area contributed by atoms with Crippen molar-refractivity contribution in [2.24, 2.45) is 0 Å². The van der Waals surface area contributed by atoms with Crippen molar-refractivity contribution in [2.75, 3.05) is 4.90 Å². The van der Waals surface area contributed by atoms with Crippen LogP contribution in [0.5, 0.6) is 0 Å². The van der Waals surface area contributed by atoms with Crippen LogP contribution in [0.2, 0.25) is 0 Å². The first-order valence-electron chi connectivity index (χ1n) is 5.93. The summed E-state index contributed by atoms with van der Waals surface area (Å²) in [6, 6.07) is 9.38. The molecule has 4 heteroatoms. The summed E-state index contributed by atoms with van der Waals surface area (Å²) in [6.45, 7) is 2.12. The fraction of sp³-hybridized carbons (Fsp3) is 0.385. The van der Waals surface area contributed by atoms with Gasteiger partial charge in [0.05, 0.1) is 5.69 Å². The standard InChI is InChI=1S/C13H16N2OS/c1-2-3-9-11-12(16)15(13(17)14-11)10-7-5-4-6-8-10/h4-8,11H,2-3,9H2,1H3,(H,14,17). The summed E-state index contributed by atoms with van der Waals surface area (Å²) < 4.78 is 0. The lowest BCUT2D eigenvalue weighted by Crippen LogP contribution is -2.31. The van der Waals surface area contributed by atoms with Gasteiger partial charge in [0.15, 0.2) is 5.11 Å². The predicted molar refractivity (Wildman–Crippen MR) is 73.0 cm³/mol. The van der Waals surface area contributed by atoms with E-state index in [1.165, 1.54) is 0 Å². The summed E-state index contributed by atoms with van der Waals surface area (Å²) in [4.78, 5) is 13.8. The first-order chi connectivity index (χ1) is 8.24. The highest BCUT2D eigenvalue weighted by Gasteiger charge is 2.35. The molecular weight excluding hydrogens is 232 g/mol. The maximum Gasteiger partial charge on any atom is 0.255 e. The van der Waals surface area contributed by atoms with Crippen molar-refractivity contribution in [3.63, 3.8) is 0 Å². The fourth-order valence-electron chi connectivity index (χ4n) is 1.96. The molecule has 0 saturated carbocycles. The van der Waals surface area contributed by atoms with E-state index in [4.69, 9.17) is 12.2 Å². The molecule has 0 spiro atoms. The van der Waals surface area contributed by atoms with E-state index in [0.717, 1.165) is 24.9 Å². The molecule has 1 unspecified atom stereocenters. The number of rotatable bonds is 4. The molecule has 1 fully saturated rings. The van der Waals surface area contributed by atoms with Crippen LogP contribution in [0.15, 0.2) is 30.3 Å². The van der Waals surface area contributed by atoms with Crippen molar-refractivity contribution in [3.8, 4) is 0 Å². The Morgan fingerprint density at radius 1 is 1.35 bits per heavy atom. The summed E-state index contributed by atoms with van der Waals surface area (Å²) in [6.07, 6.45) is 2.97. The zero-order valence-corrected chi connectivity index (χ0v) is 10.7. The van der Waals surface area contributed by atoms with Gasteiger partial charge in [-0.05, 0) is 30.8 Å². The molecule has 17 heavy (non-hydrogen) atoms. The molecule has 1 amide bonds. The van der Waals surface area contributed by atoms with Gasteiger partial charge in [-0.2, -0.15) is 0 Å². The molecule has 0 radical (unpaired) electrons. The highest BCUT2D eigenvalue weighted by molar-refractivity contribution is 7.80. The van der Waals surface area contributed by atoms with Gasteiger partial charge in [-0.15, -0.1) is 0 Å². The van der Waals surface area contributed by atoms with Gasteiger partial charge in [0.25, 0.3) is 5.91 Å². The van der Waals surface area contributed by atoms with E-state index in [0.29, 0.717) is 5.11 Å². The number of nitrogens with zero attached hydrogens (tertiary/aromatic N) is 1. The van der Waals surface area contributed by atoms with Crippen molar-refractivity contribution >= 4 is 28.9 Å². The number of benzene rings is 1. The van der Waals surface area contributed by atoms with E-state index in [1.807, 2.05) is 30.3 Å². The minimum atomic E-state index is -0.150. The van der Waals surface area contributed by atoms with Crippen molar-refractivity contribution in [1.29, 1.82) is 0 Å². The minimum absolute atomic E-state index is 0.0645. The Bertz CT molecular complexity index is 419. The van der Waals surface area contributed by atoms with Crippen LogP contribution < -0.4 is 10.2 Å². The third kappa shape index (κ3) is 2.47. The van der Waals surface area contributed by atoms with Crippen LogP contribution in [0.4, 0.5) is 5.69 Å². The number of hydrogen-bond acceptors (Lipinski definition) is 2. The first-order valence-corrected chi connectivity index (χ1v) is 6.34. The third-order valence-corrected chi connectivity index (χ3v) is 3.18. The summed E-state index contributed by atoms with van der Waals surface area (Å²) in [5, 5.41) is 3.61. The van der Waals surface area contributed by atoms with E-state index >= 15 is 0 Å². The van der Waals surface area contributed by atoms with Crippen LogP contribution in [0.3, 0.4) is 0 Å². The van der Waals surface area contributed by atoms with Crippen molar-refractivity contribution < 1.29 is 4.79 Å². The lowest BCUT2D eigenvalue weighted by Gasteiger charge is -2.14. The highest BCUT2D eigenvalue weighted by atomic mass is 32.1. The number of amides is 1. The number of unbranched alkanes of at least 4 members (excludes halogenated alkanes) is 1. The quantitative estimate of drug-likeness (QED) is 0.831. The Labute approximate surface area is 107 Å².